The zero-order chi connectivity index (χ0) is 16.6. The van der Waals surface area contributed by atoms with Gasteiger partial charge in [-0.15, -0.1) is 11.3 Å². The van der Waals surface area contributed by atoms with Crippen LogP contribution in [0.15, 0.2) is 40.8 Å². The first kappa shape index (κ1) is 15.4. The summed E-state index contributed by atoms with van der Waals surface area (Å²) in [4.78, 5) is 28.6. The van der Waals surface area contributed by atoms with Gasteiger partial charge in [-0.2, -0.15) is 0 Å². The van der Waals surface area contributed by atoms with Crippen LogP contribution in [-0.2, 0) is 11.2 Å². The van der Waals surface area contributed by atoms with Crippen LogP contribution in [0.5, 0.6) is 0 Å². The molecule has 0 N–H and O–H groups in total. The SMILES string of the molecule is CCc1ccc(-c2csc3ncn([C@@H](C)C(=O)[O-])c(=O)c23)cc1. The standard InChI is InChI=1S/C17H16N2O3S/c1-3-11-4-6-12(7-5-11)13-8-23-15-14(13)16(20)19(9-18-15)10(2)17(21)22/h4-10H,3H2,1-2H3,(H,21,22)/p-1/t10-/m0/s1. The number of aromatic nitrogens is 2. The molecule has 3 rings (SSSR count). The molecule has 0 aliphatic rings. The van der Waals surface area contributed by atoms with Crippen molar-refractivity contribution in [1.29, 1.82) is 0 Å². The molecule has 6 heteroatoms. The van der Waals surface area contributed by atoms with Gasteiger partial charge >= 0.3 is 0 Å². The number of rotatable bonds is 4. The van der Waals surface area contributed by atoms with Crippen molar-refractivity contribution in [3.63, 3.8) is 0 Å². The summed E-state index contributed by atoms with van der Waals surface area (Å²) < 4.78 is 1.11. The minimum Gasteiger partial charge on any atom is -0.548 e. The van der Waals surface area contributed by atoms with Crippen LogP contribution in [0.2, 0.25) is 0 Å². The Morgan fingerprint density at radius 1 is 1.35 bits per heavy atom. The van der Waals surface area contributed by atoms with Crippen LogP contribution in [0.1, 0.15) is 25.5 Å². The third-order valence-corrected chi connectivity index (χ3v) is 4.84. The number of fused-ring (bicyclic) bond motifs is 1. The lowest BCUT2D eigenvalue weighted by Gasteiger charge is -2.15. The van der Waals surface area contributed by atoms with E-state index in [1.54, 1.807) is 0 Å². The van der Waals surface area contributed by atoms with Gasteiger partial charge in [0.05, 0.1) is 23.7 Å². The third kappa shape index (κ3) is 2.66. The lowest BCUT2D eigenvalue weighted by Crippen LogP contribution is -2.36. The number of carbonyl (C=O) groups excluding carboxylic acids is 1. The molecule has 2 aromatic heterocycles. The molecule has 0 aliphatic heterocycles. The highest BCUT2D eigenvalue weighted by atomic mass is 32.1. The maximum absolute atomic E-state index is 12.7. The van der Waals surface area contributed by atoms with Gasteiger partial charge in [-0.3, -0.25) is 9.36 Å². The highest BCUT2D eigenvalue weighted by Crippen LogP contribution is 2.31. The monoisotopic (exact) mass is 327 g/mol. The summed E-state index contributed by atoms with van der Waals surface area (Å²) in [6, 6.07) is 6.93. The second-order valence-corrected chi connectivity index (χ2v) is 6.19. The molecule has 0 saturated carbocycles. The van der Waals surface area contributed by atoms with Gasteiger partial charge in [0.15, 0.2) is 0 Å². The van der Waals surface area contributed by atoms with Crippen molar-refractivity contribution in [3.8, 4) is 11.1 Å². The molecule has 0 fully saturated rings. The molecule has 0 amide bonds. The van der Waals surface area contributed by atoms with Crippen LogP contribution in [0.4, 0.5) is 0 Å². The van der Waals surface area contributed by atoms with E-state index in [4.69, 9.17) is 0 Å². The molecule has 0 unspecified atom stereocenters. The van der Waals surface area contributed by atoms with E-state index >= 15 is 0 Å². The molecule has 2 heterocycles. The number of aryl methyl sites for hydroxylation is 1. The average Bonchev–Trinajstić information content (AvgIpc) is 2.99. The van der Waals surface area contributed by atoms with Crippen molar-refractivity contribution < 1.29 is 9.90 Å². The van der Waals surface area contributed by atoms with E-state index in [9.17, 15) is 14.7 Å². The van der Waals surface area contributed by atoms with E-state index in [2.05, 4.69) is 11.9 Å². The van der Waals surface area contributed by atoms with E-state index in [1.165, 1.54) is 30.2 Å². The third-order valence-electron chi connectivity index (χ3n) is 3.95. The van der Waals surface area contributed by atoms with Gasteiger partial charge in [0.25, 0.3) is 5.56 Å². The topological polar surface area (TPSA) is 75.0 Å². The molecule has 0 bridgehead atoms. The second kappa shape index (κ2) is 5.96. The molecule has 5 nitrogen and oxygen atoms in total. The van der Waals surface area contributed by atoms with Crippen LogP contribution < -0.4 is 10.7 Å². The maximum atomic E-state index is 12.7. The Kier molecular flexibility index (Phi) is 4.00. The summed E-state index contributed by atoms with van der Waals surface area (Å²) in [5.74, 6) is -1.31. The Balaban J connectivity index is 2.20. The van der Waals surface area contributed by atoms with Crippen LogP contribution in [0.25, 0.3) is 21.3 Å². The van der Waals surface area contributed by atoms with Crippen LogP contribution in [0, 0.1) is 0 Å². The Hall–Kier alpha value is -2.47. The van der Waals surface area contributed by atoms with Crippen molar-refractivity contribution in [2.24, 2.45) is 0 Å². The van der Waals surface area contributed by atoms with E-state index < -0.39 is 12.0 Å². The lowest BCUT2D eigenvalue weighted by molar-refractivity contribution is -0.309. The van der Waals surface area contributed by atoms with Gasteiger partial charge in [-0.05, 0) is 24.5 Å². The van der Waals surface area contributed by atoms with Gasteiger partial charge < -0.3 is 9.90 Å². The molecule has 1 aromatic carbocycles. The normalized spacial score (nSPS) is 12.4. The van der Waals surface area contributed by atoms with Crippen molar-refractivity contribution in [2.45, 2.75) is 26.3 Å². The van der Waals surface area contributed by atoms with Crippen molar-refractivity contribution in [1.82, 2.24) is 9.55 Å². The summed E-state index contributed by atoms with van der Waals surface area (Å²) >= 11 is 1.37. The van der Waals surface area contributed by atoms with Gasteiger partial charge in [-0.25, -0.2) is 4.98 Å². The van der Waals surface area contributed by atoms with Crippen molar-refractivity contribution >= 4 is 27.5 Å². The first-order valence-corrected chi connectivity index (χ1v) is 8.19. The molecule has 0 spiro atoms. The lowest BCUT2D eigenvalue weighted by atomic mass is 10.0. The number of carboxylic acids is 1. The van der Waals surface area contributed by atoms with Crippen molar-refractivity contribution in [3.05, 3.63) is 51.9 Å². The Morgan fingerprint density at radius 2 is 2.04 bits per heavy atom. The number of carbonyl (C=O) groups is 1. The Labute approximate surface area is 136 Å². The largest absolute Gasteiger partial charge is 0.548 e. The number of carboxylic acid groups (broad SMARTS) is 1. The van der Waals surface area contributed by atoms with Crippen LogP contribution in [0.3, 0.4) is 0 Å². The molecular weight excluding hydrogens is 312 g/mol. The van der Waals surface area contributed by atoms with E-state index in [1.807, 2.05) is 29.6 Å². The molecule has 0 radical (unpaired) electrons. The molecule has 118 valence electrons. The maximum Gasteiger partial charge on any atom is 0.263 e. The number of aliphatic carboxylic acids is 1. The number of nitrogens with zero attached hydrogens (tertiary/aromatic N) is 2. The zero-order valence-corrected chi connectivity index (χ0v) is 13.6. The van der Waals surface area contributed by atoms with Gasteiger partial charge in [0.1, 0.15) is 4.83 Å². The first-order chi connectivity index (χ1) is 11.0. The fourth-order valence-electron chi connectivity index (χ4n) is 2.47. The molecule has 23 heavy (non-hydrogen) atoms. The number of thiophene rings is 1. The van der Waals surface area contributed by atoms with Crippen molar-refractivity contribution in [2.75, 3.05) is 0 Å². The summed E-state index contributed by atoms with van der Waals surface area (Å²) in [7, 11) is 0. The highest BCUT2D eigenvalue weighted by molar-refractivity contribution is 7.17. The zero-order valence-electron chi connectivity index (χ0n) is 12.8. The fraction of sp³-hybridized carbons (Fsp3) is 0.235. The minimum atomic E-state index is -1.31. The molecule has 3 aromatic rings. The van der Waals surface area contributed by atoms with E-state index in [-0.39, 0.29) is 5.56 Å². The summed E-state index contributed by atoms with van der Waals surface area (Å²) in [6.45, 7) is 3.49. The molecular formula is C17H15N2O3S-. The summed E-state index contributed by atoms with van der Waals surface area (Å²) in [6.07, 6.45) is 2.22. The van der Waals surface area contributed by atoms with Crippen LogP contribution >= 0.6 is 11.3 Å². The number of benzene rings is 1. The van der Waals surface area contributed by atoms with Gasteiger partial charge in [0, 0.05) is 10.9 Å². The fourth-order valence-corrected chi connectivity index (χ4v) is 3.37. The molecule has 1 atom stereocenters. The Morgan fingerprint density at radius 3 is 2.65 bits per heavy atom. The van der Waals surface area contributed by atoms with E-state index in [0.717, 1.165) is 22.1 Å². The molecule has 0 saturated heterocycles. The average molecular weight is 327 g/mol. The van der Waals surface area contributed by atoms with Gasteiger partial charge in [-0.1, -0.05) is 31.2 Å². The highest BCUT2D eigenvalue weighted by Gasteiger charge is 2.16. The van der Waals surface area contributed by atoms with Gasteiger partial charge in [0.2, 0.25) is 0 Å². The van der Waals surface area contributed by atoms with Crippen LogP contribution in [-0.4, -0.2) is 15.5 Å². The second-order valence-electron chi connectivity index (χ2n) is 5.33. The summed E-state index contributed by atoms with van der Waals surface area (Å²) in [5, 5.41) is 13.4. The number of hydrogen-bond donors (Lipinski definition) is 0. The first-order valence-electron chi connectivity index (χ1n) is 7.31. The predicted octanol–water partition coefficient (Wildman–Crippen LogP) is 2.00. The summed E-state index contributed by atoms with van der Waals surface area (Å²) in [5.41, 5.74) is 2.56. The number of hydrogen-bond acceptors (Lipinski definition) is 5. The minimum absolute atomic E-state index is 0.359. The smallest absolute Gasteiger partial charge is 0.263 e. The Bertz CT molecular complexity index is 925. The quantitative estimate of drug-likeness (QED) is 0.734. The van der Waals surface area contributed by atoms with E-state index in [0.29, 0.717) is 10.2 Å². The predicted molar refractivity (Wildman–Crippen MR) is 88.4 cm³/mol. The molecule has 0 aliphatic carbocycles.